The lowest BCUT2D eigenvalue weighted by atomic mass is 10.1. The highest BCUT2D eigenvalue weighted by Gasteiger charge is 2.20. The number of aromatic amines is 1. The van der Waals surface area contributed by atoms with Crippen LogP contribution in [-0.2, 0) is 4.79 Å². The van der Waals surface area contributed by atoms with Crippen molar-refractivity contribution in [2.75, 3.05) is 10.6 Å². The van der Waals surface area contributed by atoms with Gasteiger partial charge in [-0.15, -0.1) is 0 Å². The van der Waals surface area contributed by atoms with Gasteiger partial charge in [0, 0.05) is 17.1 Å². The van der Waals surface area contributed by atoms with E-state index in [0.717, 1.165) is 23.9 Å². The average molecular weight is 672 g/mol. The molecule has 2 aromatic carbocycles. The van der Waals surface area contributed by atoms with Gasteiger partial charge in [-0.1, -0.05) is 118 Å². The second kappa shape index (κ2) is 17.7. The Morgan fingerprint density at radius 2 is 1.50 bits per heavy atom. The number of benzene rings is 2. The van der Waals surface area contributed by atoms with Crippen molar-refractivity contribution in [1.29, 1.82) is 0 Å². The van der Waals surface area contributed by atoms with Crippen molar-refractivity contribution in [3.8, 4) is 5.69 Å². The number of rotatable bonds is 17. The smallest absolute Gasteiger partial charge is 0.300 e. The number of thiocarbonyl (C=S) groups is 1. The summed E-state index contributed by atoms with van der Waals surface area (Å²) < 4.78 is 1.13. The van der Waals surface area contributed by atoms with E-state index >= 15 is 0 Å². The lowest BCUT2D eigenvalue weighted by Crippen LogP contribution is -2.15. The third-order valence-electron chi connectivity index (χ3n) is 6.75. The van der Waals surface area contributed by atoms with E-state index in [1.54, 1.807) is 18.2 Å². The molecule has 0 aliphatic carbocycles. The van der Waals surface area contributed by atoms with Crippen LogP contribution in [0.4, 0.5) is 22.9 Å². The highest BCUT2D eigenvalue weighted by molar-refractivity contribution is 7.78. The minimum absolute atomic E-state index is 0.0610. The van der Waals surface area contributed by atoms with Gasteiger partial charge in [0.2, 0.25) is 5.91 Å². The Hall–Kier alpha value is -2.32. The van der Waals surface area contributed by atoms with Crippen LogP contribution in [0.25, 0.3) is 5.69 Å². The van der Waals surface area contributed by atoms with Crippen molar-refractivity contribution < 1.29 is 4.79 Å². The number of H-pyrrole nitrogens is 1. The number of unbranched alkanes of at least 4 members (excludes halogenated alkanes) is 10. The van der Waals surface area contributed by atoms with Gasteiger partial charge in [-0.3, -0.25) is 14.7 Å². The van der Waals surface area contributed by atoms with Crippen molar-refractivity contribution in [3.05, 3.63) is 60.8 Å². The molecule has 1 amide bonds. The summed E-state index contributed by atoms with van der Waals surface area (Å²) in [6.07, 6.45) is 13.9. The molecule has 0 saturated carbocycles. The second-order valence-corrected chi connectivity index (χ2v) is 11.9. The molecule has 0 aliphatic heterocycles. The molecule has 0 saturated heterocycles. The number of nitrogens with one attached hydrogen (secondary N) is 3. The van der Waals surface area contributed by atoms with E-state index in [1.807, 2.05) is 0 Å². The van der Waals surface area contributed by atoms with Crippen molar-refractivity contribution in [1.82, 2.24) is 9.78 Å². The van der Waals surface area contributed by atoms with E-state index in [2.05, 4.69) is 32.8 Å². The van der Waals surface area contributed by atoms with Crippen LogP contribution in [0.3, 0.4) is 0 Å². The topological polar surface area (TPSA) is 91.3 Å². The monoisotopic (exact) mass is 669 g/mol. The molecular weight excluding hydrogens is 636 g/mol. The van der Waals surface area contributed by atoms with Gasteiger partial charge in [0.1, 0.15) is 5.69 Å². The summed E-state index contributed by atoms with van der Waals surface area (Å²) in [7, 11) is 0. The van der Waals surface area contributed by atoms with Gasteiger partial charge in [-0.25, -0.2) is 4.68 Å². The predicted molar refractivity (Wildman–Crippen MR) is 181 cm³/mol. The van der Waals surface area contributed by atoms with Crippen molar-refractivity contribution in [2.24, 2.45) is 4.99 Å². The molecule has 1 aromatic heterocycles. The second-order valence-electron chi connectivity index (χ2n) is 10.1. The van der Waals surface area contributed by atoms with Gasteiger partial charge in [0.25, 0.3) is 5.56 Å². The Bertz CT molecular complexity index is 1440. The molecule has 0 aliphatic rings. The van der Waals surface area contributed by atoms with E-state index < -0.39 is 5.56 Å². The largest absolute Gasteiger partial charge is 0.337 e. The lowest BCUT2D eigenvalue weighted by molar-refractivity contribution is -0.116. The fourth-order valence-electron chi connectivity index (χ4n) is 4.58. The number of anilines is 3. The zero-order valence-corrected chi connectivity index (χ0v) is 27.3. The number of nitrogens with zero attached hydrogens (tertiary/aromatic N) is 2. The molecule has 0 spiro atoms. The maximum Gasteiger partial charge on any atom is 0.300 e. The molecule has 3 rings (SSSR count). The maximum absolute atomic E-state index is 13.2. The fourth-order valence-corrected chi connectivity index (χ4v) is 5.82. The molecule has 226 valence electrons. The van der Waals surface area contributed by atoms with Gasteiger partial charge in [0.15, 0.2) is 11.5 Å². The van der Waals surface area contributed by atoms with E-state index in [1.165, 1.54) is 63.5 Å². The number of hydrogen-bond donors (Lipinski definition) is 3. The summed E-state index contributed by atoms with van der Waals surface area (Å²) in [4.78, 5) is 29.7. The highest BCUT2D eigenvalue weighted by Crippen LogP contribution is 2.35. The average Bonchev–Trinajstić information content (AvgIpc) is 3.23. The first-order valence-electron chi connectivity index (χ1n) is 14.2. The number of carbonyl (C=O) groups excluding carboxylic acids is 1. The quantitative estimate of drug-likeness (QED) is 0.0757. The number of hydrogen-bond acceptors (Lipinski definition) is 5. The number of aromatic nitrogens is 2. The minimum Gasteiger partial charge on any atom is -0.337 e. The molecule has 0 atom stereocenters. The number of isothiocyanates is 1. The molecule has 0 radical (unpaired) electrons. The molecule has 12 heteroatoms. The van der Waals surface area contributed by atoms with Crippen LogP contribution < -0.4 is 16.2 Å². The van der Waals surface area contributed by atoms with Crippen LogP contribution in [0.1, 0.15) is 84.0 Å². The Balaban J connectivity index is 1.60. The minimum atomic E-state index is -0.575. The SMILES string of the molecule is CCCCCCCCCCCCCC(=O)Nc1ccc(Cl)c(Nc2[nH]n(-c3c(Cl)cc(Cl)cc3Cl)c(=O)c2N=C=S)c1. The van der Waals surface area contributed by atoms with E-state index in [4.69, 9.17) is 58.6 Å². The first kappa shape index (κ1) is 34.2. The van der Waals surface area contributed by atoms with Gasteiger partial charge in [-0.05, 0) is 49.0 Å². The Labute approximate surface area is 272 Å². The molecule has 3 N–H and O–H groups in total. The normalized spacial score (nSPS) is 10.9. The first-order chi connectivity index (χ1) is 20.2. The van der Waals surface area contributed by atoms with Crippen LogP contribution in [0.15, 0.2) is 40.1 Å². The van der Waals surface area contributed by atoms with E-state index in [9.17, 15) is 9.59 Å². The third-order valence-corrected chi connectivity index (χ3v) is 7.96. The van der Waals surface area contributed by atoms with Crippen LogP contribution in [-0.4, -0.2) is 20.8 Å². The molecule has 42 heavy (non-hydrogen) atoms. The molecule has 7 nitrogen and oxygen atoms in total. The standard InChI is InChI=1S/C30H35Cl4N5O2S/c1-2-3-4-5-6-7-8-9-10-11-12-13-26(40)36-21-14-15-22(32)25(18-21)37-29-27(35-19-42)30(41)39(38-29)28-23(33)16-20(31)17-24(28)34/h14-18,37-38H,2-13H2,1H3,(H,36,40). The zero-order valence-electron chi connectivity index (χ0n) is 23.5. The summed E-state index contributed by atoms with van der Waals surface area (Å²) in [5, 5.41) is 12.1. The van der Waals surface area contributed by atoms with E-state index in [-0.39, 0.29) is 33.1 Å². The van der Waals surface area contributed by atoms with Crippen molar-refractivity contribution >= 4 is 92.6 Å². The number of halogens is 4. The Morgan fingerprint density at radius 3 is 2.10 bits per heavy atom. The summed E-state index contributed by atoms with van der Waals surface area (Å²) in [5.41, 5.74) is 0.533. The molecule has 3 aromatic rings. The van der Waals surface area contributed by atoms with Crippen molar-refractivity contribution in [3.63, 3.8) is 0 Å². The molecule has 0 unspecified atom stereocenters. The third kappa shape index (κ3) is 10.1. The van der Waals surface area contributed by atoms with Gasteiger partial charge in [-0.2, -0.15) is 4.99 Å². The number of amides is 1. The van der Waals surface area contributed by atoms with Crippen LogP contribution in [0, 0.1) is 0 Å². The lowest BCUT2D eigenvalue weighted by Gasteiger charge is -2.11. The fraction of sp³-hybridized carbons (Fsp3) is 0.433. The van der Waals surface area contributed by atoms with Gasteiger partial charge >= 0.3 is 0 Å². The van der Waals surface area contributed by atoms with Gasteiger partial charge in [0.05, 0.1) is 25.9 Å². The van der Waals surface area contributed by atoms with Crippen molar-refractivity contribution in [2.45, 2.75) is 84.0 Å². The molecule has 0 bridgehead atoms. The van der Waals surface area contributed by atoms with Crippen LogP contribution in [0.5, 0.6) is 0 Å². The first-order valence-corrected chi connectivity index (χ1v) is 16.1. The highest BCUT2D eigenvalue weighted by atomic mass is 35.5. The van der Waals surface area contributed by atoms with Gasteiger partial charge < -0.3 is 10.6 Å². The van der Waals surface area contributed by atoms with E-state index in [0.29, 0.717) is 27.8 Å². The summed E-state index contributed by atoms with van der Waals surface area (Å²) in [6, 6.07) is 7.96. The summed E-state index contributed by atoms with van der Waals surface area (Å²) >= 11 is 29.9. The Kier molecular flexibility index (Phi) is 14.4. The molecular formula is C30H35Cl4N5O2S. The number of aliphatic imine (C=N–C) groups is 1. The van der Waals surface area contributed by atoms with Crippen LogP contribution >= 0.6 is 58.6 Å². The van der Waals surface area contributed by atoms with Crippen LogP contribution in [0.2, 0.25) is 20.1 Å². The molecule has 1 heterocycles. The maximum atomic E-state index is 13.2. The Morgan fingerprint density at radius 1 is 0.905 bits per heavy atom. The summed E-state index contributed by atoms with van der Waals surface area (Å²) in [6.45, 7) is 2.24. The zero-order chi connectivity index (χ0) is 30.5. The number of carbonyl (C=O) groups is 1. The predicted octanol–water partition coefficient (Wildman–Crippen LogP) is 10.9. The summed E-state index contributed by atoms with van der Waals surface area (Å²) in [5.74, 6) is 0.0996. The molecule has 0 fully saturated rings.